The molecule has 2 rings (SSSR count). The van der Waals surface area contributed by atoms with Crippen LogP contribution in [0.3, 0.4) is 0 Å². The molecule has 96 valence electrons. The first-order chi connectivity index (χ1) is 8.56. The zero-order valence-corrected chi connectivity index (χ0v) is 12.3. The van der Waals surface area contributed by atoms with Crippen molar-refractivity contribution in [1.29, 1.82) is 0 Å². The van der Waals surface area contributed by atoms with Gasteiger partial charge in [0.15, 0.2) is 0 Å². The van der Waals surface area contributed by atoms with Crippen molar-refractivity contribution < 1.29 is 4.42 Å². The standard InChI is InChI=1S/C12H12Cl2N2OS/c1-7(9-3-4-10(13)11(14)5-9)18-6-12-16-15-8(2)17-12/h3-5,7H,6H2,1-2H3/t7-/m0/s1. The lowest BCUT2D eigenvalue weighted by atomic mass is 10.2. The highest BCUT2D eigenvalue weighted by atomic mass is 35.5. The molecule has 0 unspecified atom stereocenters. The zero-order valence-electron chi connectivity index (χ0n) is 9.98. The van der Waals surface area contributed by atoms with E-state index in [-0.39, 0.29) is 5.25 Å². The van der Waals surface area contributed by atoms with Gasteiger partial charge in [0.25, 0.3) is 0 Å². The molecule has 0 saturated heterocycles. The summed E-state index contributed by atoms with van der Waals surface area (Å²) in [7, 11) is 0. The second kappa shape index (κ2) is 5.95. The Labute approximate surface area is 120 Å². The summed E-state index contributed by atoms with van der Waals surface area (Å²) in [6.07, 6.45) is 0. The van der Waals surface area contributed by atoms with E-state index in [0.29, 0.717) is 27.6 Å². The summed E-state index contributed by atoms with van der Waals surface area (Å²) in [6, 6.07) is 5.68. The lowest BCUT2D eigenvalue weighted by Gasteiger charge is -2.11. The smallest absolute Gasteiger partial charge is 0.226 e. The Hall–Kier alpha value is -0.710. The summed E-state index contributed by atoms with van der Waals surface area (Å²) in [4.78, 5) is 0. The molecule has 6 heteroatoms. The van der Waals surface area contributed by atoms with E-state index < -0.39 is 0 Å². The molecular weight excluding hydrogens is 291 g/mol. The van der Waals surface area contributed by atoms with E-state index in [2.05, 4.69) is 17.1 Å². The highest BCUT2D eigenvalue weighted by Gasteiger charge is 2.10. The van der Waals surface area contributed by atoms with Gasteiger partial charge in [0, 0.05) is 12.2 Å². The average molecular weight is 303 g/mol. The molecule has 1 atom stereocenters. The predicted octanol–water partition coefficient (Wildman–Crippen LogP) is 4.68. The van der Waals surface area contributed by atoms with Crippen LogP contribution in [0.25, 0.3) is 0 Å². The summed E-state index contributed by atoms with van der Waals surface area (Å²) >= 11 is 13.6. The number of nitrogens with zero attached hydrogens (tertiary/aromatic N) is 2. The first-order valence-electron chi connectivity index (χ1n) is 5.42. The second-order valence-corrected chi connectivity index (χ2v) is 5.99. The fraction of sp³-hybridized carbons (Fsp3) is 0.333. The van der Waals surface area contributed by atoms with E-state index >= 15 is 0 Å². The number of thioether (sulfide) groups is 1. The summed E-state index contributed by atoms with van der Waals surface area (Å²) in [5.41, 5.74) is 1.13. The van der Waals surface area contributed by atoms with Gasteiger partial charge in [-0.3, -0.25) is 0 Å². The maximum absolute atomic E-state index is 6.00. The number of hydrogen-bond acceptors (Lipinski definition) is 4. The first-order valence-corrected chi connectivity index (χ1v) is 7.22. The minimum Gasteiger partial charge on any atom is -0.425 e. The molecule has 0 aliphatic rings. The molecule has 1 heterocycles. The van der Waals surface area contributed by atoms with Gasteiger partial charge in [0.1, 0.15) is 0 Å². The van der Waals surface area contributed by atoms with Crippen molar-refractivity contribution in [2.45, 2.75) is 24.9 Å². The van der Waals surface area contributed by atoms with Gasteiger partial charge in [-0.15, -0.1) is 22.0 Å². The molecule has 1 aromatic carbocycles. The molecule has 0 fully saturated rings. The van der Waals surface area contributed by atoms with Crippen LogP contribution in [-0.4, -0.2) is 10.2 Å². The molecular formula is C12H12Cl2N2OS. The molecule has 2 aromatic rings. The highest BCUT2D eigenvalue weighted by Crippen LogP contribution is 2.33. The lowest BCUT2D eigenvalue weighted by molar-refractivity contribution is 0.485. The van der Waals surface area contributed by atoms with Crippen molar-refractivity contribution in [3.8, 4) is 0 Å². The number of benzene rings is 1. The van der Waals surface area contributed by atoms with Crippen LogP contribution in [0.5, 0.6) is 0 Å². The van der Waals surface area contributed by atoms with Gasteiger partial charge in [-0.2, -0.15) is 0 Å². The van der Waals surface area contributed by atoms with Crippen molar-refractivity contribution in [2.75, 3.05) is 0 Å². The minimum atomic E-state index is 0.284. The number of halogens is 2. The Morgan fingerprint density at radius 2 is 2.06 bits per heavy atom. The Kier molecular flexibility index (Phi) is 4.54. The van der Waals surface area contributed by atoms with Crippen molar-refractivity contribution in [1.82, 2.24) is 10.2 Å². The van der Waals surface area contributed by atoms with E-state index in [1.165, 1.54) is 0 Å². The van der Waals surface area contributed by atoms with Crippen LogP contribution < -0.4 is 0 Å². The van der Waals surface area contributed by atoms with Gasteiger partial charge >= 0.3 is 0 Å². The van der Waals surface area contributed by atoms with E-state index in [1.807, 2.05) is 18.2 Å². The molecule has 0 amide bonds. The van der Waals surface area contributed by atoms with Crippen LogP contribution in [0, 0.1) is 6.92 Å². The molecule has 1 aromatic heterocycles. The van der Waals surface area contributed by atoms with Crippen molar-refractivity contribution >= 4 is 35.0 Å². The number of rotatable bonds is 4. The van der Waals surface area contributed by atoms with Gasteiger partial charge < -0.3 is 4.42 Å². The molecule has 3 nitrogen and oxygen atoms in total. The van der Waals surface area contributed by atoms with Crippen LogP contribution >= 0.6 is 35.0 Å². The van der Waals surface area contributed by atoms with Crippen LogP contribution in [0.15, 0.2) is 22.6 Å². The number of hydrogen-bond donors (Lipinski definition) is 0. The average Bonchev–Trinajstić information content (AvgIpc) is 2.75. The molecule has 0 bridgehead atoms. The van der Waals surface area contributed by atoms with Gasteiger partial charge in [0.2, 0.25) is 11.8 Å². The molecule has 0 N–H and O–H groups in total. The van der Waals surface area contributed by atoms with Crippen molar-refractivity contribution in [2.24, 2.45) is 0 Å². The maximum atomic E-state index is 6.00. The molecule has 0 aliphatic carbocycles. The third-order valence-electron chi connectivity index (χ3n) is 2.44. The van der Waals surface area contributed by atoms with Gasteiger partial charge in [0.05, 0.1) is 15.8 Å². The van der Waals surface area contributed by atoms with Crippen molar-refractivity contribution in [3.63, 3.8) is 0 Å². The Morgan fingerprint density at radius 1 is 1.28 bits per heavy atom. The van der Waals surface area contributed by atoms with E-state index in [1.54, 1.807) is 18.7 Å². The molecule has 0 saturated carbocycles. The minimum absolute atomic E-state index is 0.284. The normalized spacial score (nSPS) is 12.7. The fourth-order valence-corrected chi connectivity index (χ4v) is 2.61. The van der Waals surface area contributed by atoms with E-state index in [0.717, 1.165) is 5.56 Å². The molecule has 18 heavy (non-hydrogen) atoms. The van der Waals surface area contributed by atoms with Gasteiger partial charge in [-0.05, 0) is 24.6 Å². The van der Waals surface area contributed by atoms with Crippen LogP contribution in [0.4, 0.5) is 0 Å². The van der Waals surface area contributed by atoms with E-state index in [4.69, 9.17) is 27.6 Å². The maximum Gasteiger partial charge on any atom is 0.226 e. The van der Waals surface area contributed by atoms with Gasteiger partial charge in [-0.1, -0.05) is 29.3 Å². The molecule has 0 radical (unpaired) electrons. The topological polar surface area (TPSA) is 38.9 Å². The zero-order chi connectivity index (χ0) is 13.1. The third-order valence-corrected chi connectivity index (χ3v) is 4.36. The summed E-state index contributed by atoms with van der Waals surface area (Å²) < 4.78 is 5.32. The monoisotopic (exact) mass is 302 g/mol. The second-order valence-electron chi connectivity index (χ2n) is 3.84. The summed E-state index contributed by atoms with van der Waals surface area (Å²) in [5, 5.41) is 9.19. The first kappa shape index (κ1) is 13.7. The van der Waals surface area contributed by atoms with Crippen LogP contribution in [0.1, 0.15) is 29.5 Å². The number of aryl methyl sites for hydroxylation is 1. The Balaban J connectivity index is 1.99. The summed E-state index contributed by atoms with van der Waals surface area (Å²) in [6.45, 7) is 3.89. The quantitative estimate of drug-likeness (QED) is 0.822. The van der Waals surface area contributed by atoms with Crippen molar-refractivity contribution in [3.05, 3.63) is 45.6 Å². The largest absolute Gasteiger partial charge is 0.425 e. The van der Waals surface area contributed by atoms with Crippen LogP contribution in [-0.2, 0) is 5.75 Å². The van der Waals surface area contributed by atoms with Gasteiger partial charge in [-0.25, -0.2) is 0 Å². The SMILES string of the molecule is Cc1nnc(CS[C@@H](C)c2ccc(Cl)c(Cl)c2)o1. The third kappa shape index (κ3) is 3.40. The number of aromatic nitrogens is 2. The molecule has 0 spiro atoms. The molecule has 0 aliphatic heterocycles. The highest BCUT2D eigenvalue weighted by molar-refractivity contribution is 7.98. The lowest BCUT2D eigenvalue weighted by Crippen LogP contribution is -1.90. The Bertz CT molecular complexity index is 545. The predicted molar refractivity (Wildman–Crippen MR) is 75.2 cm³/mol. The summed E-state index contributed by atoms with van der Waals surface area (Å²) in [5.74, 6) is 1.92. The van der Waals surface area contributed by atoms with E-state index in [9.17, 15) is 0 Å². The Morgan fingerprint density at radius 3 is 2.67 bits per heavy atom. The van der Waals surface area contributed by atoms with Crippen LogP contribution in [0.2, 0.25) is 10.0 Å². The fourth-order valence-electron chi connectivity index (χ4n) is 1.45.